The van der Waals surface area contributed by atoms with Crippen LogP contribution < -0.4 is 15.3 Å². The number of nitrogens with zero attached hydrogens (tertiary/aromatic N) is 5. The lowest BCUT2D eigenvalue weighted by atomic mass is 10.00. The zero-order valence-electron chi connectivity index (χ0n) is 26.4. The summed E-state index contributed by atoms with van der Waals surface area (Å²) in [5.74, 6) is -1.22. The average molecular weight is 681 g/mol. The fraction of sp³-hybridized carbons (Fsp3) is 0.531. The van der Waals surface area contributed by atoms with Gasteiger partial charge in [-0.15, -0.1) is 0 Å². The summed E-state index contributed by atoms with van der Waals surface area (Å²) in [5.41, 5.74) is -0.641. The van der Waals surface area contributed by atoms with E-state index in [0.717, 1.165) is 0 Å². The molecule has 2 fully saturated rings. The van der Waals surface area contributed by atoms with Crippen molar-refractivity contribution < 1.29 is 27.8 Å². The van der Waals surface area contributed by atoms with Crippen molar-refractivity contribution in [2.45, 2.75) is 64.9 Å². The van der Waals surface area contributed by atoms with Gasteiger partial charge in [0.2, 0.25) is 0 Å². The molecule has 0 radical (unpaired) electrons. The van der Waals surface area contributed by atoms with Crippen LogP contribution in [0.5, 0.6) is 5.75 Å². The molecule has 3 atom stereocenters. The molecule has 0 unspecified atom stereocenters. The normalized spacial score (nSPS) is 22.5. The van der Waals surface area contributed by atoms with Gasteiger partial charge in [0.05, 0.1) is 34.8 Å². The van der Waals surface area contributed by atoms with E-state index in [9.17, 15) is 14.0 Å². The second kappa shape index (κ2) is 12.4. The topological polar surface area (TPSA) is 89.4 Å². The molecule has 6 rings (SSSR count). The molecular formula is C32H37Cl2F2N5O5. The van der Waals surface area contributed by atoms with Crippen molar-refractivity contribution in [1.29, 1.82) is 0 Å². The molecule has 1 amide bonds. The number of carbonyl (C=O) groups excluding carboxylic acids is 1. The fourth-order valence-electron chi connectivity index (χ4n) is 6.46. The van der Waals surface area contributed by atoms with Crippen molar-refractivity contribution in [2.24, 2.45) is 0 Å². The van der Waals surface area contributed by atoms with Crippen molar-refractivity contribution in [1.82, 2.24) is 19.4 Å². The molecule has 0 bridgehead atoms. The van der Waals surface area contributed by atoms with Crippen LogP contribution in [-0.4, -0.2) is 95.2 Å². The molecule has 2 saturated heterocycles. The number of piperazine rings is 1. The number of aromatic nitrogens is 2. The highest BCUT2D eigenvalue weighted by Crippen LogP contribution is 2.47. The first-order valence-corrected chi connectivity index (χ1v) is 16.1. The van der Waals surface area contributed by atoms with Gasteiger partial charge < -0.3 is 24.0 Å². The molecule has 3 aromatic rings. The molecule has 2 aromatic carbocycles. The molecular weight excluding hydrogens is 643 g/mol. The van der Waals surface area contributed by atoms with Gasteiger partial charge in [-0.25, -0.2) is 18.4 Å². The van der Waals surface area contributed by atoms with Gasteiger partial charge in [0.25, 0.3) is 0 Å². The standard InChI is InChI=1S/C32H37Cl2F2N5O5/c1-17-14-40(31(43)46-32(3,4)5)18(2)13-39(17)29-21-11-23(34)26(20-10-22(33)25(36)12-24(20)35)28-27(21)41(30(42)37-29)15-19(16-45-28)38-6-8-44-9-7-38/h10-12,17-19H,6-9,13-16H2,1-5H3/t17-,18+,19-/m0/s1. The van der Waals surface area contributed by atoms with E-state index in [1.807, 2.05) is 39.5 Å². The van der Waals surface area contributed by atoms with E-state index in [1.165, 1.54) is 6.07 Å². The number of hydrogen-bond donors (Lipinski definition) is 0. The highest BCUT2D eigenvalue weighted by atomic mass is 35.5. The number of benzene rings is 2. The van der Waals surface area contributed by atoms with Gasteiger partial charge in [-0.3, -0.25) is 9.47 Å². The van der Waals surface area contributed by atoms with Crippen LogP contribution in [0.4, 0.5) is 19.4 Å². The van der Waals surface area contributed by atoms with Crippen LogP contribution in [0.3, 0.4) is 0 Å². The molecule has 248 valence electrons. The first-order chi connectivity index (χ1) is 21.7. The van der Waals surface area contributed by atoms with E-state index in [-0.39, 0.29) is 58.2 Å². The zero-order valence-corrected chi connectivity index (χ0v) is 27.9. The summed E-state index contributed by atoms with van der Waals surface area (Å²) >= 11 is 13.0. The summed E-state index contributed by atoms with van der Waals surface area (Å²) in [6.45, 7) is 12.8. The minimum atomic E-state index is -0.906. The highest BCUT2D eigenvalue weighted by Gasteiger charge is 2.38. The maximum Gasteiger partial charge on any atom is 0.410 e. The summed E-state index contributed by atoms with van der Waals surface area (Å²) in [4.78, 5) is 37.4. The van der Waals surface area contributed by atoms with Crippen LogP contribution in [0.25, 0.3) is 22.0 Å². The molecule has 3 aliphatic rings. The molecule has 3 aliphatic heterocycles. The summed E-state index contributed by atoms with van der Waals surface area (Å²) in [6, 6.07) is 2.78. The molecule has 0 N–H and O–H groups in total. The number of halogens is 4. The third-order valence-corrected chi connectivity index (χ3v) is 9.28. The van der Waals surface area contributed by atoms with Crippen molar-refractivity contribution in [3.8, 4) is 16.9 Å². The first kappa shape index (κ1) is 32.7. The molecule has 46 heavy (non-hydrogen) atoms. The van der Waals surface area contributed by atoms with Crippen molar-refractivity contribution in [3.63, 3.8) is 0 Å². The Balaban J connectivity index is 1.50. The Morgan fingerprint density at radius 1 is 1.00 bits per heavy atom. The van der Waals surface area contributed by atoms with Gasteiger partial charge in [-0.05, 0) is 46.8 Å². The van der Waals surface area contributed by atoms with Crippen molar-refractivity contribution >= 4 is 46.0 Å². The van der Waals surface area contributed by atoms with Crippen LogP contribution >= 0.6 is 23.2 Å². The number of amides is 1. The zero-order chi connectivity index (χ0) is 33.1. The molecule has 0 spiro atoms. The average Bonchev–Trinajstić information content (AvgIpc) is 3.19. The Hall–Kier alpha value is -3.19. The maximum atomic E-state index is 15.4. The third kappa shape index (κ3) is 6.12. The molecule has 0 saturated carbocycles. The fourth-order valence-corrected chi connectivity index (χ4v) is 6.92. The largest absolute Gasteiger partial charge is 0.489 e. The monoisotopic (exact) mass is 679 g/mol. The van der Waals surface area contributed by atoms with E-state index in [0.29, 0.717) is 62.2 Å². The highest BCUT2D eigenvalue weighted by molar-refractivity contribution is 6.35. The Morgan fingerprint density at radius 3 is 2.41 bits per heavy atom. The van der Waals surface area contributed by atoms with E-state index in [4.69, 9.17) is 37.4 Å². The van der Waals surface area contributed by atoms with Crippen LogP contribution in [0.1, 0.15) is 34.6 Å². The maximum absolute atomic E-state index is 15.4. The van der Waals surface area contributed by atoms with Gasteiger partial charge >= 0.3 is 11.8 Å². The predicted molar refractivity (Wildman–Crippen MR) is 172 cm³/mol. The third-order valence-electron chi connectivity index (χ3n) is 8.69. The minimum Gasteiger partial charge on any atom is -0.489 e. The SMILES string of the molecule is C[C@@H]1CN(c2nc(=O)n3c4c(c(-c5cc(Cl)c(F)cc5F)c(Cl)cc24)OC[C@@H](N2CCOCC2)C3)[C@@H](C)CN1C(=O)OC(C)(C)C. The van der Waals surface area contributed by atoms with E-state index in [2.05, 4.69) is 9.88 Å². The Morgan fingerprint density at radius 2 is 1.72 bits per heavy atom. The predicted octanol–water partition coefficient (Wildman–Crippen LogP) is 5.58. The Labute approximate surface area is 275 Å². The Bertz CT molecular complexity index is 1740. The van der Waals surface area contributed by atoms with Crippen molar-refractivity contribution in [2.75, 3.05) is 50.9 Å². The second-order valence-electron chi connectivity index (χ2n) is 13.1. The summed E-state index contributed by atoms with van der Waals surface area (Å²) in [7, 11) is 0. The lowest BCUT2D eigenvalue weighted by Crippen LogP contribution is -2.59. The number of rotatable bonds is 3. The van der Waals surface area contributed by atoms with Gasteiger partial charge in [0, 0.05) is 67.4 Å². The van der Waals surface area contributed by atoms with Gasteiger partial charge in [0.15, 0.2) is 5.75 Å². The molecule has 14 heteroatoms. The summed E-state index contributed by atoms with van der Waals surface area (Å²) in [6.07, 6.45) is -0.414. The summed E-state index contributed by atoms with van der Waals surface area (Å²) in [5, 5.41) is 0.373. The lowest BCUT2D eigenvalue weighted by Gasteiger charge is -2.45. The number of morpholine rings is 1. The van der Waals surface area contributed by atoms with Gasteiger partial charge in [-0.1, -0.05) is 23.2 Å². The van der Waals surface area contributed by atoms with Crippen LogP contribution in [0.2, 0.25) is 10.0 Å². The number of carbonyl (C=O) groups is 1. The molecule has 0 aliphatic carbocycles. The number of ether oxygens (including phenoxy) is 3. The van der Waals surface area contributed by atoms with Crippen LogP contribution in [0, 0.1) is 11.6 Å². The number of hydrogen-bond acceptors (Lipinski definition) is 8. The Kier molecular flexibility index (Phi) is 8.86. The van der Waals surface area contributed by atoms with Gasteiger partial charge in [0.1, 0.15) is 29.7 Å². The van der Waals surface area contributed by atoms with Gasteiger partial charge in [-0.2, -0.15) is 4.98 Å². The summed E-state index contributed by atoms with van der Waals surface area (Å²) < 4.78 is 48.8. The van der Waals surface area contributed by atoms with E-state index < -0.39 is 29.0 Å². The lowest BCUT2D eigenvalue weighted by molar-refractivity contribution is 0.00337. The smallest absolute Gasteiger partial charge is 0.410 e. The molecule has 1 aromatic heterocycles. The first-order valence-electron chi connectivity index (χ1n) is 15.4. The van der Waals surface area contributed by atoms with Crippen LogP contribution in [-0.2, 0) is 16.0 Å². The van der Waals surface area contributed by atoms with E-state index in [1.54, 1.807) is 15.5 Å². The quantitative estimate of drug-likeness (QED) is 0.332. The number of anilines is 1. The molecule has 4 heterocycles. The second-order valence-corrected chi connectivity index (χ2v) is 13.9. The minimum absolute atomic E-state index is 0.0524. The van der Waals surface area contributed by atoms with Crippen LogP contribution in [0.15, 0.2) is 23.0 Å². The molecule has 10 nitrogen and oxygen atoms in total. The van der Waals surface area contributed by atoms with E-state index >= 15 is 4.39 Å². The van der Waals surface area contributed by atoms with Crippen molar-refractivity contribution in [3.05, 3.63) is 50.4 Å².